The van der Waals surface area contributed by atoms with Crippen LogP contribution in [0.1, 0.15) is 76.6 Å². The predicted octanol–water partition coefficient (Wildman–Crippen LogP) is 4.60. The van der Waals surface area contributed by atoms with Gasteiger partial charge in [-0.2, -0.15) is 0 Å². The molecule has 0 unspecified atom stereocenters. The van der Waals surface area contributed by atoms with E-state index in [2.05, 4.69) is 43.2 Å². The maximum Gasteiger partial charge on any atom is 0.253 e. The van der Waals surface area contributed by atoms with Crippen LogP contribution in [0.5, 0.6) is 0 Å². The summed E-state index contributed by atoms with van der Waals surface area (Å²) in [6.45, 7) is 11.9. The lowest BCUT2D eigenvalue weighted by molar-refractivity contribution is -0.117. The van der Waals surface area contributed by atoms with Crippen molar-refractivity contribution in [3.05, 3.63) is 23.8 Å². The Morgan fingerprint density at radius 1 is 1.19 bits per heavy atom. The van der Waals surface area contributed by atoms with Gasteiger partial charge in [-0.1, -0.05) is 27.7 Å². The van der Waals surface area contributed by atoms with E-state index in [4.69, 9.17) is 4.74 Å². The average Bonchev–Trinajstić information content (AvgIpc) is 3.38. The molecule has 0 aromatic heterocycles. The molecule has 2 aliphatic heterocycles. The first-order chi connectivity index (χ1) is 14.7. The van der Waals surface area contributed by atoms with Crippen molar-refractivity contribution in [3.8, 4) is 0 Å². The van der Waals surface area contributed by atoms with Crippen molar-refractivity contribution in [1.29, 1.82) is 0 Å². The maximum atomic E-state index is 13.0. The molecule has 3 rings (SSSR count). The number of carbonyl (C=O) groups is 2. The third kappa shape index (κ3) is 7.23. The zero-order valence-corrected chi connectivity index (χ0v) is 19.6. The number of hydrogen-bond acceptors (Lipinski definition) is 4. The van der Waals surface area contributed by atoms with Gasteiger partial charge < -0.3 is 20.3 Å². The third-order valence-corrected chi connectivity index (χ3v) is 5.98. The number of carbonyl (C=O) groups excluding carboxylic acids is 2. The number of rotatable bonds is 8. The highest BCUT2D eigenvalue weighted by Crippen LogP contribution is 2.29. The van der Waals surface area contributed by atoms with Crippen LogP contribution >= 0.6 is 0 Å². The summed E-state index contributed by atoms with van der Waals surface area (Å²) in [6.07, 6.45) is 5.89. The molecule has 0 radical (unpaired) electrons. The number of ether oxygens (including phenoxy) is 1. The normalized spacial score (nSPS) is 20.0. The lowest BCUT2D eigenvalue weighted by atomic mass is 9.84. The Labute approximate surface area is 187 Å². The monoisotopic (exact) mass is 429 g/mol. The van der Waals surface area contributed by atoms with Gasteiger partial charge >= 0.3 is 0 Å². The molecule has 2 atom stereocenters. The van der Waals surface area contributed by atoms with Gasteiger partial charge in [0.15, 0.2) is 0 Å². The van der Waals surface area contributed by atoms with Gasteiger partial charge in [0.05, 0.1) is 11.7 Å². The Morgan fingerprint density at radius 3 is 2.58 bits per heavy atom. The van der Waals surface area contributed by atoms with Crippen LogP contribution in [0.3, 0.4) is 0 Å². The van der Waals surface area contributed by atoms with Crippen molar-refractivity contribution in [1.82, 2.24) is 5.32 Å². The number of amides is 2. The van der Waals surface area contributed by atoms with Crippen molar-refractivity contribution in [2.75, 3.05) is 36.5 Å². The number of benzene rings is 1. The van der Waals surface area contributed by atoms with Crippen LogP contribution in [-0.4, -0.2) is 44.2 Å². The number of nitrogens with zero attached hydrogens (tertiary/aromatic N) is 1. The van der Waals surface area contributed by atoms with Crippen LogP contribution in [0.25, 0.3) is 0 Å². The molecule has 2 N–H and O–H groups in total. The summed E-state index contributed by atoms with van der Waals surface area (Å²) in [5.74, 6) is 0.198. The Morgan fingerprint density at radius 2 is 1.94 bits per heavy atom. The lowest BCUT2D eigenvalue weighted by Gasteiger charge is -2.23. The topological polar surface area (TPSA) is 70.7 Å². The van der Waals surface area contributed by atoms with E-state index in [1.807, 2.05) is 18.2 Å². The molecule has 2 aliphatic rings. The largest absolute Gasteiger partial charge is 0.376 e. The summed E-state index contributed by atoms with van der Waals surface area (Å²) in [5.41, 5.74) is 2.45. The molecule has 0 spiro atoms. The van der Waals surface area contributed by atoms with Crippen molar-refractivity contribution in [2.24, 2.45) is 11.3 Å². The third-order valence-electron chi connectivity index (χ3n) is 5.98. The molecule has 6 nitrogen and oxygen atoms in total. The fourth-order valence-electron chi connectivity index (χ4n) is 4.78. The van der Waals surface area contributed by atoms with Crippen molar-refractivity contribution < 1.29 is 14.3 Å². The Bertz CT molecular complexity index is 760. The zero-order valence-electron chi connectivity index (χ0n) is 19.6. The first kappa shape index (κ1) is 23.6. The van der Waals surface area contributed by atoms with Gasteiger partial charge in [0.1, 0.15) is 0 Å². The van der Waals surface area contributed by atoms with Gasteiger partial charge in [0, 0.05) is 44.0 Å². The summed E-state index contributed by atoms with van der Waals surface area (Å²) in [4.78, 5) is 27.9. The summed E-state index contributed by atoms with van der Waals surface area (Å²) in [5, 5.41) is 6.05. The fourth-order valence-corrected chi connectivity index (χ4v) is 4.78. The van der Waals surface area contributed by atoms with E-state index in [9.17, 15) is 9.59 Å². The molecular formula is C25H39N3O3. The molecule has 0 saturated carbocycles. The van der Waals surface area contributed by atoms with Crippen LogP contribution < -0.4 is 15.5 Å². The lowest BCUT2D eigenvalue weighted by Crippen LogP contribution is -2.33. The van der Waals surface area contributed by atoms with E-state index in [-0.39, 0.29) is 23.3 Å². The first-order valence-corrected chi connectivity index (χ1v) is 11.8. The second-order valence-corrected chi connectivity index (χ2v) is 10.4. The molecule has 1 aromatic carbocycles. The van der Waals surface area contributed by atoms with Gasteiger partial charge in [-0.25, -0.2) is 0 Å². The van der Waals surface area contributed by atoms with Crippen molar-refractivity contribution in [2.45, 2.75) is 72.3 Å². The fraction of sp³-hybridized carbons (Fsp3) is 0.680. The second-order valence-electron chi connectivity index (χ2n) is 10.4. The summed E-state index contributed by atoms with van der Waals surface area (Å²) in [7, 11) is 0. The highest BCUT2D eigenvalue weighted by molar-refractivity contribution is 6.02. The minimum absolute atomic E-state index is 0.00335. The van der Waals surface area contributed by atoms with Crippen LogP contribution in [0.15, 0.2) is 18.2 Å². The highest BCUT2D eigenvalue weighted by atomic mass is 16.5. The van der Waals surface area contributed by atoms with Crippen LogP contribution in [0.4, 0.5) is 11.4 Å². The van der Waals surface area contributed by atoms with Gasteiger partial charge in [0.25, 0.3) is 5.91 Å². The van der Waals surface area contributed by atoms with Crippen LogP contribution in [-0.2, 0) is 9.53 Å². The maximum absolute atomic E-state index is 13.0. The van der Waals surface area contributed by atoms with Crippen molar-refractivity contribution in [3.63, 3.8) is 0 Å². The molecule has 2 saturated heterocycles. The smallest absolute Gasteiger partial charge is 0.253 e. The first-order valence-electron chi connectivity index (χ1n) is 11.8. The predicted molar refractivity (Wildman–Crippen MR) is 126 cm³/mol. The van der Waals surface area contributed by atoms with Gasteiger partial charge in [0.2, 0.25) is 5.91 Å². The molecule has 2 amide bonds. The van der Waals surface area contributed by atoms with E-state index in [0.717, 1.165) is 57.5 Å². The Balaban J connectivity index is 1.68. The van der Waals surface area contributed by atoms with Crippen LogP contribution in [0, 0.1) is 11.3 Å². The molecular weight excluding hydrogens is 390 g/mol. The number of nitrogens with one attached hydrogen (secondary N) is 2. The molecule has 6 heteroatoms. The van der Waals surface area contributed by atoms with E-state index in [0.29, 0.717) is 30.1 Å². The van der Waals surface area contributed by atoms with E-state index in [1.165, 1.54) is 0 Å². The van der Waals surface area contributed by atoms with E-state index < -0.39 is 0 Å². The molecule has 172 valence electrons. The van der Waals surface area contributed by atoms with E-state index in [1.54, 1.807) is 0 Å². The zero-order chi connectivity index (χ0) is 22.4. The minimum atomic E-state index is -0.102. The van der Waals surface area contributed by atoms with E-state index >= 15 is 0 Å². The highest BCUT2D eigenvalue weighted by Gasteiger charge is 2.23. The summed E-state index contributed by atoms with van der Waals surface area (Å²) in [6, 6.07) is 5.71. The van der Waals surface area contributed by atoms with Gasteiger partial charge in [-0.3, -0.25) is 9.59 Å². The molecule has 0 aliphatic carbocycles. The summed E-state index contributed by atoms with van der Waals surface area (Å²) < 4.78 is 5.63. The molecule has 2 heterocycles. The van der Waals surface area contributed by atoms with Crippen LogP contribution in [0.2, 0.25) is 0 Å². The molecule has 1 aromatic rings. The Kier molecular flexibility index (Phi) is 7.98. The standard InChI is InChI=1S/C25H39N3O3/c1-18(16-25(2,3)4)14-23(29)27-19-9-10-22(28-11-5-6-12-28)21(15-19)24(30)26-17-20-8-7-13-31-20/h9-10,15,18,20H,5-8,11-14,16-17H2,1-4H3,(H,26,30)(H,27,29)/t18-,20+/m0/s1. The average molecular weight is 430 g/mol. The molecule has 31 heavy (non-hydrogen) atoms. The van der Waals surface area contributed by atoms with Gasteiger partial charge in [-0.05, 0) is 61.6 Å². The Hall–Kier alpha value is -2.08. The minimum Gasteiger partial charge on any atom is -0.376 e. The number of anilines is 2. The van der Waals surface area contributed by atoms with Crippen molar-refractivity contribution >= 4 is 23.2 Å². The molecule has 0 bridgehead atoms. The quantitative estimate of drug-likeness (QED) is 0.634. The second kappa shape index (κ2) is 10.5. The number of hydrogen-bond donors (Lipinski definition) is 2. The van der Waals surface area contributed by atoms with Gasteiger partial charge in [-0.15, -0.1) is 0 Å². The SMILES string of the molecule is C[C@@H](CC(=O)Nc1ccc(N2CCCC2)c(C(=O)NC[C@H]2CCCO2)c1)CC(C)(C)C. The summed E-state index contributed by atoms with van der Waals surface area (Å²) >= 11 is 0. The molecule has 2 fully saturated rings.